The lowest BCUT2D eigenvalue weighted by molar-refractivity contribution is -0.143. The molecule has 90 valence electrons. The average molecular weight is 233 g/mol. The van der Waals surface area contributed by atoms with Crippen molar-refractivity contribution in [2.45, 2.75) is 25.3 Å². The molecule has 0 radical (unpaired) electrons. The van der Waals surface area contributed by atoms with E-state index in [0.29, 0.717) is 18.5 Å². The zero-order chi connectivity index (χ0) is 12.3. The molecule has 1 aliphatic heterocycles. The van der Waals surface area contributed by atoms with E-state index in [0.717, 1.165) is 12.8 Å². The number of carboxylic acid groups (broad SMARTS) is 1. The third-order valence-electron chi connectivity index (χ3n) is 3.07. The number of likely N-dealkylation sites (tertiary alicyclic amines) is 1. The summed E-state index contributed by atoms with van der Waals surface area (Å²) in [7, 11) is 0. The van der Waals surface area contributed by atoms with Crippen molar-refractivity contribution >= 4 is 11.9 Å². The molecule has 0 aliphatic carbocycles. The van der Waals surface area contributed by atoms with Gasteiger partial charge in [-0.2, -0.15) is 0 Å². The van der Waals surface area contributed by atoms with Gasteiger partial charge in [-0.05, 0) is 31.4 Å². The van der Waals surface area contributed by atoms with Crippen LogP contribution < -0.4 is 0 Å². The molecule has 1 fully saturated rings. The predicted octanol–water partition coefficient (Wildman–Crippen LogP) is 1.77. The lowest BCUT2D eigenvalue weighted by atomic mass is 10.0. The Labute approximate surface area is 99.9 Å². The second kappa shape index (κ2) is 4.99. The zero-order valence-corrected chi connectivity index (χ0v) is 9.50. The topological polar surface area (TPSA) is 57.6 Å². The molecule has 0 spiro atoms. The molecule has 2 rings (SSSR count). The van der Waals surface area contributed by atoms with Crippen molar-refractivity contribution in [2.24, 2.45) is 0 Å². The van der Waals surface area contributed by atoms with Crippen LogP contribution in [0.5, 0.6) is 0 Å². The maximum absolute atomic E-state index is 12.2. The van der Waals surface area contributed by atoms with E-state index in [1.807, 2.05) is 6.07 Å². The summed E-state index contributed by atoms with van der Waals surface area (Å²) in [6.45, 7) is 0.532. The summed E-state index contributed by atoms with van der Waals surface area (Å²) in [6.07, 6.45) is 2.30. The van der Waals surface area contributed by atoms with Gasteiger partial charge in [0.1, 0.15) is 6.04 Å². The Morgan fingerprint density at radius 1 is 1.18 bits per heavy atom. The summed E-state index contributed by atoms with van der Waals surface area (Å²) in [4.78, 5) is 24.8. The Balaban J connectivity index is 2.20. The monoisotopic (exact) mass is 233 g/mol. The minimum absolute atomic E-state index is 0.183. The second-order valence-corrected chi connectivity index (χ2v) is 4.21. The van der Waals surface area contributed by atoms with Crippen molar-refractivity contribution < 1.29 is 14.7 Å². The number of amides is 1. The zero-order valence-electron chi connectivity index (χ0n) is 9.50. The van der Waals surface area contributed by atoms with Gasteiger partial charge in [0.15, 0.2) is 0 Å². The molecule has 4 nitrogen and oxygen atoms in total. The lowest BCUT2D eigenvalue weighted by Gasteiger charge is -2.33. The standard InChI is InChI=1S/C13H15NO3/c15-12(10-6-2-1-3-7-10)14-9-5-4-8-11(14)13(16)17/h1-3,6-7,11H,4-5,8-9H2,(H,16,17)/t11-/m1/s1. The summed E-state index contributed by atoms with van der Waals surface area (Å²) in [5, 5.41) is 9.11. The van der Waals surface area contributed by atoms with Crippen LogP contribution in [0.2, 0.25) is 0 Å². The van der Waals surface area contributed by atoms with Crippen molar-refractivity contribution in [3.05, 3.63) is 35.9 Å². The minimum Gasteiger partial charge on any atom is -0.480 e. The predicted molar refractivity (Wildman–Crippen MR) is 62.8 cm³/mol. The lowest BCUT2D eigenvalue weighted by Crippen LogP contribution is -2.47. The van der Waals surface area contributed by atoms with Crippen LogP contribution in [-0.4, -0.2) is 34.5 Å². The Morgan fingerprint density at radius 3 is 2.53 bits per heavy atom. The summed E-state index contributed by atoms with van der Waals surface area (Å²) in [6, 6.07) is 8.17. The number of nitrogens with zero attached hydrogens (tertiary/aromatic N) is 1. The molecule has 0 aromatic heterocycles. The van der Waals surface area contributed by atoms with Gasteiger partial charge in [0, 0.05) is 12.1 Å². The van der Waals surface area contributed by atoms with Crippen LogP contribution in [0, 0.1) is 0 Å². The Morgan fingerprint density at radius 2 is 1.88 bits per heavy atom. The highest BCUT2D eigenvalue weighted by molar-refractivity contribution is 5.96. The van der Waals surface area contributed by atoms with Crippen molar-refractivity contribution in [3.63, 3.8) is 0 Å². The van der Waals surface area contributed by atoms with Crippen molar-refractivity contribution in [1.29, 1.82) is 0 Å². The molecule has 1 amide bonds. The van der Waals surface area contributed by atoms with Crippen LogP contribution in [0.15, 0.2) is 30.3 Å². The molecule has 1 aliphatic rings. The number of carboxylic acids is 1. The van der Waals surface area contributed by atoms with Gasteiger partial charge in [0.25, 0.3) is 5.91 Å². The summed E-state index contributed by atoms with van der Waals surface area (Å²) in [5.74, 6) is -1.09. The normalized spacial score (nSPS) is 20.0. The van der Waals surface area contributed by atoms with Gasteiger partial charge in [0.05, 0.1) is 0 Å². The van der Waals surface area contributed by atoms with Gasteiger partial charge in [-0.25, -0.2) is 4.79 Å². The van der Waals surface area contributed by atoms with E-state index in [-0.39, 0.29) is 5.91 Å². The molecule has 1 aromatic rings. The largest absolute Gasteiger partial charge is 0.480 e. The highest BCUT2D eigenvalue weighted by atomic mass is 16.4. The van der Waals surface area contributed by atoms with E-state index in [1.165, 1.54) is 4.90 Å². The molecule has 0 unspecified atom stereocenters. The maximum Gasteiger partial charge on any atom is 0.326 e. The van der Waals surface area contributed by atoms with E-state index in [9.17, 15) is 9.59 Å². The summed E-state index contributed by atoms with van der Waals surface area (Å²) in [5.41, 5.74) is 0.556. The highest BCUT2D eigenvalue weighted by Crippen LogP contribution is 2.19. The number of aliphatic carboxylic acids is 1. The average Bonchev–Trinajstić information content (AvgIpc) is 2.39. The number of rotatable bonds is 2. The third kappa shape index (κ3) is 2.46. The quantitative estimate of drug-likeness (QED) is 0.846. The van der Waals surface area contributed by atoms with Crippen LogP contribution in [-0.2, 0) is 4.79 Å². The number of hydrogen-bond donors (Lipinski definition) is 1. The first-order chi connectivity index (χ1) is 8.20. The molecular weight excluding hydrogens is 218 g/mol. The molecule has 0 saturated carbocycles. The molecule has 1 saturated heterocycles. The van der Waals surface area contributed by atoms with Crippen LogP contribution in [0.1, 0.15) is 29.6 Å². The van der Waals surface area contributed by atoms with Gasteiger partial charge in [-0.1, -0.05) is 18.2 Å². The number of carbonyl (C=O) groups excluding carboxylic acids is 1. The van der Waals surface area contributed by atoms with Crippen LogP contribution in [0.3, 0.4) is 0 Å². The highest BCUT2D eigenvalue weighted by Gasteiger charge is 2.32. The third-order valence-corrected chi connectivity index (χ3v) is 3.07. The molecule has 0 bridgehead atoms. The minimum atomic E-state index is -0.908. The van der Waals surface area contributed by atoms with Gasteiger partial charge >= 0.3 is 5.97 Å². The van der Waals surface area contributed by atoms with E-state index in [2.05, 4.69) is 0 Å². The molecule has 1 N–H and O–H groups in total. The van der Waals surface area contributed by atoms with Crippen molar-refractivity contribution in [1.82, 2.24) is 4.90 Å². The fourth-order valence-corrected chi connectivity index (χ4v) is 2.18. The van der Waals surface area contributed by atoms with Crippen LogP contribution in [0.4, 0.5) is 0 Å². The van der Waals surface area contributed by atoms with E-state index in [4.69, 9.17) is 5.11 Å². The number of carbonyl (C=O) groups is 2. The fourth-order valence-electron chi connectivity index (χ4n) is 2.18. The molecule has 17 heavy (non-hydrogen) atoms. The first kappa shape index (κ1) is 11.6. The molecule has 1 heterocycles. The number of hydrogen-bond acceptors (Lipinski definition) is 2. The van der Waals surface area contributed by atoms with Gasteiger partial charge in [-0.15, -0.1) is 0 Å². The van der Waals surface area contributed by atoms with Gasteiger partial charge in [-0.3, -0.25) is 4.79 Å². The SMILES string of the molecule is O=C(O)[C@H]1CCCCN1C(=O)c1ccccc1. The van der Waals surface area contributed by atoms with Crippen LogP contribution >= 0.6 is 0 Å². The van der Waals surface area contributed by atoms with Gasteiger partial charge in [0.2, 0.25) is 0 Å². The first-order valence-electron chi connectivity index (χ1n) is 5.79. The Kier molecular flexibility index (Phi) is 3.42. The molecular formula is C13H15NO3. The molecule has 1 atom stereocenters. The number of piperidine rings is 1. The van der Waals surface area contributed by atoms with Crippen molar-refractivity contribution in [2.75, 3.05) is 6.54 Å². The second-order valence-electron chi connectivity index (χ2n) is 4.21. The van der Waals surface area contributed by atoms with E-state index >= 15 is 0 Å². The smallest absolute Gasteiger partial charge is 0.326 e. The maximum atomic E-state index is 12.2. The van der Waals surface area contributed by atoms with E-state index < -0.39 is 12.0 Å². The van der Waals surface area contributed by atoms with Crippen molar-refractivity contribution in [3.8, 4) is 0 Å². The Hall–Kier alpha value is -1.84. The first-order valence-corrected chi connectivity index (χ1v) is 5.79. The number of benzene rings is 1. The molecule has 4 heteroatoms. The molecule has 1 aromatic carbocycles. The van der Waals surface area contributed by atoms with Gasteiger partial charge < -0.3 is 10.0 Å². The fraction of sp³-hybridized carbons (Fsp3) is 0.385. The Bertz CT molecular complexity index is 416. The van der Waals surface area contributed by atoms with E-state index in [1.54, 1.807) is 24.3 Å². The summed E-state index contributed by atoms with van der Waals surface area (Å²) < 4.78 is 0. The van der Waals surface area contributed by atoms with Crippen LogP contribution in [0.25, 0.3) is 0 Å². The summed E-state index contributed by atoms with van der Waals surface area (Å²) >= 11 is 0.